The van der Waals surface area contributed by atoms with E-state index in [1.807, 2.05) is 12.1 Å². The fourth-order valence-electron chi connectivity index (χ4n) is 4.36. The predicted molar refractivity (Wildman–Crippen MR) is 138 cm³/mol. The number of nitriles is 1. The number of carbonyl (C=O) groups is 1. The molecule has 0 bridgehead atoms. The third-order valence-corrected chi connectivity index (χ3v) is 6.39. The van der Waals surface area contributed by atoms with Gasteiger partial charge < -0.3 is 20.3 Å². The van der Waals surface area contributed by atoms with Gasteiger partial charge >= 0.3 is 0 Å². The second-order valence-electron chi connectivity index (χ2n) is 9.13. The van der Waals surface area contributed by atoms with Gasteiger partial charge in [-0.3, -0.25) is 14.7 Å². The molecule has 3 aromatic rings. The molecule has 12 heteroatoms. The van der Waals surface area contributed by atoms with Crippen LogP contribution in [0.5, 0.6) is 0 Å². The summed E-state index contributed by atoms with van der Waals surface area (Å²) in [4.78, 5) is 33.7. The first-order valence-corrected chi connectivity index (χ1v) is 12.5. The number of ether oxygens (including phenoxy) is 1. The van der Waals surface area contributed by atoms with Crippen LogP contribution in [-0.2, 0) is 16.1 Å². The lowest BCUT2D eigenvalue weighted by molar-refractivity contribution is -0.123. The van der Waals surface area contributed by atoms with Gasteiger partial charge in [-0.15, -0.1) is 0 Å². The van der Waals surface area contributed by atoms with E-state index in [4.69, 9.17) is 4.74 Å². The SMILES string of the molecule is N#Cc1cc(-c2ccnc(Nc3ccc(CNC(=O)CN4CCOCC4)nc3)n2)cnc1N1CC[C@H](F)C1. The summed E-state index contributed by atoms with van der Waals surface area (Å²) in [7, 11) is 0. The normalized spacial score (nSPS) is 17.7. The topological polar surface area (TPSA) is 132 Å². The number of morpholine rings is 1. The summed E-state index contributed by atoms with van der Waals surface area (Å²) in [6, 6.07) is 9.27. The van der Waals surface area contributed by atoms with Crippen molar-refractivity contribution in [1.29, 1.82) is 5.26 Å². The third kappa shape index (κ3) is 6.37. The van der Waals surface area contributed by atoms with E-state index < -0.39 is 6.17 Å². The van der Waals surface area contributed by atoms with Crippen LogP contribution in [0, 0.1) is 11.3 Å². The minimum atomic E-state index is -0.902. The van der Waals surface area contributed by atoms with E-state index in [-0.39, 0.29) is 12.5 Å². The summed E-state index contributed by atoms with van der Waals surface area (Å²) in [6.07, 6.45) is 4.44. The second-order valence-corrected chi connectivity index (χ2v) is 9.13. The molecule has 2 fully saturated rings. The van der Waals surface area contributed by atoms with Crippen molar-refractivity contribution in [2.45, 2.75) is 19.1 Å². The smallest absolute Gasteiger partial charge is 0.234 e. The van der Waals surface area contributed by atoms with Crippen molar-refractivity contribution >= 4 is 23.4 Å². The zero-order valence-electron chi connectivity index (χ0n) is 20.8. The van der Waals surface area contributed by atoms with E-state index >= 15 is 0 Å². The summed E-state index contributed by atoms with van der Waals surface area (Å²) in [5, 5.41) is 15.7. The lowest BCUT2D eigenvalue weighted by atomic mass is 10.1. The minimum Gasteiger partial charge on any atom is -0.379 e. The Morgan fingerprint density at radius 3 is 2.76 bits per heavy atom. The number of nitrogens with one attached hydrogen (secondary N) is 2. The number of halogens is 1. The van der Waals surface area contributed by atoms with Crippen LogP contribution in [0.25, 0.3) is 11.3 Å². The Hall–Kier alpha value is -4.21. The highest BCUT2D eigenvalue weighted by Gasteiger charge is 2.25. The third-order valence-electron chi connectivity index (χ3n) is 6.39. The van der Waals surface area contributed by atoms with Crippen LogP contribution >= 0.6 is 0 Å². The number of carbonyl (C=O) groups excluding carboxylic acids is 1. The molecule has 2 aliphatic heterocycles. The molecule has 1 amide bonds. The molecule has 2 saturated heterocycles. The Balaban J connectivity index is 1.19. The fraction of sp³-hybridized carbons (Fsp3) is 0.385. The first-order chi connectivity index (χ1) is 18.6. The van der Waals surface area contributed by atoms with Crippen molar-refractivity contribution in [3.8, 4) is 17.3 Å². The van der Waals surface area contributed by atoms with Crippen molar-refractivity contribution in [3.63, 3.8) is 0 Å². The molecule has 1 atom stereocenters. The van der Waals surface area contributed by atoms with Crippen LogP contribution in [0.2, 0.25) is 0 Å². The van der Waals surface area contributed by atoms with Gasteiger partial charge in [-0.2, -0.15) is 5.26 Å². The highest BCUT2D eigenvalue weighted by atomic mass is 19.1. The summed E-state index contributed by atoms with van der Waals surface area (Å²) in [5.41, 5.74) is 3.05. The predicted octanol–water partition coefficient (Wildman–Crippen LogP) is 2.05. The molecule has 0 unspecified atom stereocenters. The van der Waals surface area contributed by atoms with Gasteiger partial charge in [0.05, 0.1) is 61.7 Å². The molecule has 0 saturated carbocycles. The van der Waals surface area contributed by atoms with Crippen LogP contribution in [0.4, 0.5) is 21.8 Å². The highest BCUT2D eigenvalue weighted by molar-refractivity contribution is 5.78. The van der Waals surface area contributed by atoms with E-state index in [1.165, 1.54) is 0 Å². The van der Waals surface area contributed by atoms with Crippen LogP contribution in [0.1, 0.15) is 17.7 Å². The maximum absolute atomic E-state index is 13.6. The van der Waals surface area contributed by atoms with E-state index in [9.17, 15) is 14.4 Å². The molecule has 196 valence electrons. The Bertz CT molecular complexity index is 1310. The molecule has 11 nitrogen and oxygen atoms in total. The maximum atomic E-state index is 13.6. The molecule has 2 N–H and O–H groups in total. The zero-order valence-corrected chi connectivity index (χ0v) is 20.8. The molecule has 0 radical (unpaired) electrons. The number of aromatic nitrogens is 4. The number of amides is 1. The summed E-state index contributed by atoms with van der Waals surface area (Å²) in [6.45, 7) is 4.30. The second kappa shape index (κ2) is 11.9. The quantitative estimate of drug-likeness (QED) is 0.457. The van der Waals surface area contributed by atoms with Gasteiger partial charge in [0.1, 0.15) is 18.1 Å². The molecule has 0 aromatic carbocycles. The first kappa shape index (κ1) is 25.4. The van der Waals surface area contributed by atoms with Crippen LogP contribution in [-0.4, -0.2) is 82.9 Å². The average Bonchev–Trinajstić information content (AvgIpc) is 3.39. The Morgan fingerprint density at radius 1 is 1.16 bits per heavy atom. The molecule has 0 spiro atoms. The molecular formula is C26H28FN9O2. The van der Waals surface area contributed by atoms with E-state index in [0.717, 1.165) is 18.8 Å². The Labute approximate surface area is 219 Å². The number of nitrogens with zero attached hydrogens (tertiary/aromatic N) is 7. The monoisotopic (exact) mass is 517 g/mol. The van der Waals surface area contributed by atoms with Crippen molar-refractivity contribution in [2.24, 2.45) is 0 Å². The number of alkyl halides is 1. The van der Waals surface area contributed by atoms with Crippen LogP contribution in [0.15, 0.2) is 42.9 Å². The molecule has 2 aliphatic rings. The standard InChI is InChI=1S/C26H28FN9O2/c27-20-4-6-36(16-20)25-18(12-28)11-19(13-32-25)23-3-5-29-26(34-23)33-22-2-1-21(30-15-22)14-31-24(37)17-35-7-9-38-10-8-35/h1-3,5,11,13,15,20H,4,6-10,14,16-17H2,(H,31,37)(H,29,33,34)/t20-/m0/s1. The number of hydrogen-bond donors (Lipinski definition) is 2. The minimum absolute atomic E-state index is 0.0461. The number of hydrogen-bond acceptors (Lipinski definition) is 10. The van der Waals surface area contributed by atoms with E-state index in [1.54, 1.807) is 35.6 Å². The Morgan fingerprint density at radius 2 is 2.03 bits per heavy atom. The van der Waals surface area contributed by atoms with Gasteiger partial charge in [0.15, 0.2) is 0 Å². The number of anilines is 3. The molecule has 0 aliphatic carbocycles. The molecule has 38 heavy (non-hydrogen) atoms. The molecule has 5 rings (SSSR count). The van der Waals surface area contributed by atoms with E-state index in [2.05, 4.69) is 41.5 Å². The van der Waals surface area contributed by atoms with Gasteiger partial charge in [0, 0.05) is 37.6 Å². The van der Waals surface area contributed by atoms with Crippen molar-refractivity contribution < 1.29 is 13.9 Å². The first-order valence-electron chi connectivity index (χ1n) is 12.5. The van der Waals surface area contributed by atoms with Gasteiger partial charge in [-0.25, -0.2) is 19.3 Å². The number of rotatable bonds is 8. The average molecular weight is 518 g/mol. The maximum Gasteiger partial charge on any atom is 0.234 e. The lowest BCUT2D eigenvalue weighted by Gasteiger charge is -2.25. The number of pyridine rings is 2. The summed E-state index contributed by atoms with van der Waals surface area (Å²) >= 11 is 0. The van der Waals surface area contributed by atoms with Gasteiger partial charge in [0.25, 0.3) is 0 Å². The molecule has 3 aromatic heterocycles. The fourth-order valence-corrected chi connectivity index (χ4v) is 4.36. The van der Waals surface area contributed by atoms with Crippen LogP contribution in [0.3, 0.4) is 0 Å². The van der Waals surface area contributed by atoms with Gasteiger partial charge in [-0.05, 0) is 30.7 Å². The lowest BCUT2D eigenvalue weighted by Crippen LogP contribution is -2.43. The van der Waals surface area contributed by atoms with Crippen molar-refractivity contribution in [1.82, 2.24) is 30.2 Å². The zero-order chi connectivity index (χ0) is 26.3. The van der Waals surface area contributed by atoms with Crippen molar-refractivity contribution in [2.75, 3.05) is 56.2 Å². The Kier molecular flexibility index (Phi) is 7.96. The summed E-state index contributed by atoms with van der Waals surface area (Å²) < 4.78 is 18.9. The summed E-state index contributed by atoms with van der Waals surface area (Å²) in [5.74, 6) is 0.806. The van der Waals surface area contributed by atoms with Gasteiger partial charge in [-0.1, -0.05) is 0 Å². The van der Waals surface area contributed by atoms with Gasteiger partial charge in [0.2, 0.25) is 11.9 Å². The molecular weight excluding hydrogens is 489 g/mol. The van der Waals surface area contributed by atoms with Crippen LogP contribution < -0.4 is 15.5 Å². The molecule has 5 heterocycles. The highest BCUT2D eigenvalue weighted by Crippen LogP contribution is 2.27. The largest absolute Gasteiger partial charge is 0.379 e. The van der Waals surface area contributed by atoms with E-state index in [0.29, 0.717) is 73.5 Å². The van der Waals surface area contributed by atoms with Crippen molar-refractivity contribution in [3.05, 3.63) is 54.1 Å².